The maximum absolute atomic E-state index is 14.2. The number of carbonyl (C=O) groups excluding carboxylic acids is 4. The number of ether oxygens (including phenoxy) is 2. The topological polar surface area (TPSA) is 155 Å². The van der Waals surface area contributed by atoms with Gasteiger partial charge in [0.15, 0.2) is 0 Å². The second kappa shape index (κ2) is 13.2. The van der Waals surface area contributed by atoms with Crippen molar-refractivity contribution in [1.29, 1.82) is 0 Å². The van der Waals surface area contributed by atoms with Gasteiger partial charge in [-0.2, -0.15) is 0 Å². The molecule has 12 nitrogen and oxygen atoms in total. The first kappa shape index (κ1) is 34.0. The predicted molar refractivity (Wildman–Crippen MR) is 175 cm³/mol. The van der Waals surface area contributed by atoms with Crippen LogP contribution in [0.25, 0.3) is 0 Å². The number of nitrogens with one attached hydrogen (secondary N) is 2. The number of carbonyl (C=O) groups is 5. The number of hydrogen-bond acceptors (Lipinski definition) is 7. The summed E-state index contributed by atoms with van der Waals surface area (Å²) in [5.74, 6) is -2.32. The minimum Gasteiger partial charge on any atom is -0.479 e. The van der Waals surface area contributed by atoms with E-state index in [0.29, 0.717) is 38.8 Å². The van der Waals surface area contributed by atoms with Crippen molar-refractivity contribution < 1.29 is 38.6 Å². The van der Waals surface area contributed by atoms with E-state index >= 15 is 0 Å². The molecule has 3 heterocycles. The number of carboxylic acid groups (broad SMARTS) is 1. The second-order valence-electron chi connectivity index (χ2n) is 15.6. The van der Waals surface area contributed by atoms with Crippen molar-refractivity contribution in [2.24, 2.45) is 5.92 Å². The van der Waals surface area contributed by atoms with Crippen LogP contribution in [0.15, 0.2) is 24.3 Å². The summed E-state index contributed by atoms with van der Waals surface area (Å²) in [6.45, 7) is 6.13. The lowest BCUT2D eigenvalue weighted by atomic mass is 9.61. The average molecular weight is 667 g/mol. The Labute approximate surface area is 282 Å². The predicted octanol–water partition coefficient (Wildman–Crippen LogP) is 4.63. The molecule has 3 aliphatic heterocycles. The Kier molecular flexibility index (Phi) is 9.39. The summed E-state index contributed by atoms with van der Waals surface area (Å²) in [5.41, 5.74) is 0.170. The standard InChI is InChI=1S/C36H50N4O8/c1-34(2,3)48-32(45)37-27-15-8-6-4-5-7-13-24-19-36(24,31(43)44)38-29(41)28-18-25(21-40(28)30(27)42)47-33(46)39-20-23-12-9-10-14-26(23)35(22-39)16-11-17-35/h9-10,12,14,24-25,27-28H,4-8,11,13,15-22H2,1-3H3,(H,37,45)(H,38,41)(H,43,44)/t24-,25-,27+,28+,36-/m1/s1. The molecule has 0 unspecified atom stereocenters. The third kappa shape index (κ3) is 6.98. The minimum atomic E-state index is -1.37. The molecular weight excluding hydrogens is 616 g/mol. The van der Waals surface area contributed by atoms with Crippen LogP contribution in [0.4, 0.5) is 9.59 Å². The molecule has 5 aliphatic rings. The van der Waals surface area contributed by atoms with E-state index in [1.807, 2.05) is 18.2 Å². The maximum Gasteiger partial charge on any atom is 0.410 e. The van der Waals surface area contributed by atoms with Crippen LogP contribution in [0.1, 0.15) is 109 Å². The zero-order valence-corrected chi connectivity index (χ0v) is 28.4. The molecule has 262 valence electrons. The number of nitrogens with zero attached hydrogens (tertiary/aromatic N) is 2. The van der Waals surface area contributed by atoms with E-state index in [4.69, 9.17) is 9.47 Å². The van der Waals surface area contributed by atoms with Crippen molar-refractivity contribution in [2.45, 2.75) is 139 Å². The highest BCUT2D eigenvalue weighted by atomic mass is 16.6. The highest BCUT2D eigenvalue weighted by Crippen LogP contribution is 2.49. The maximum atomic E-state index is 14.2. The first-order valence-electron chi connectivity index (χ1n) is 17.7. The van der Waals surface area contributed by atoms with Crippen LogP contribution in [0, 0.1) is 5.92 Å². The van der Waals surface area contributed by atoms with Gasteiger partial charge in [0.05, 0.1) is 6.54 Å². The molecule has 6 rings (SSSR count). The fourth-order valence-corrected chi connectivity index (χ4v) is 8.27. The van der Waals surface area contributed by atoms with Gasteiger partial charge in [-0.1, -0.05) is 62.8 Å². The SMILES string of the molecule is CC(C)(C)OC(=O)N[C@H]1CCCCCCC[C@@H]2C[C@@]2(C(=O)O)NC(=O)[C@@H]2C[C@@H](OC(=O)N3Cc4ccccc4C4(CCC4)C3)CN2C1=O. The van der Waals surface area contributed by atoms with Gasteiger partial charge in [0.25, 0.3) is 0 Å². The van der Waals surface area contributed by atoms with Gasteiger partial charge >= 0.3 is 18.2 Å². The van der Waals surface area contributed by atoms with Crippen molar-refractivity contribution >= 4 is 30.0 Å². The molecule has 4 fully saturated rings. The van der Waals surface area contributed by atoms with E-state index < -0.39 is 59.3 Å². The summed E-state index contributed by atoms with van der Waals surface area (Å²) in [5, 5.41) is 15.7. The van der Waals surface area contributed by atoms with Gasteiger partial charge in [0.2, 0.25) is 11.8 Å². The molecule has 5 atom stereocenters. The van der Waals surface area contributed by atoms with E-state index in [-0.39, 0.29) is 24.3 Å². The number of carboxylic acids is 1. The largest absolute Gasteiger partial charge is 0.479 e. The van der Waals surface area contributed by atoms with E-state index in [9.17, 15) is 29.1 Å². The molecule has 4 amide bonds. The van der Waals surface area contributed by atoms with E-state index in [1.54, 1.807) is 25.7 Å². The molecular formula is C36H50N4O8. The second-order valence-corrected chi connectivity index (χ2v) is 15.6. The monoisotopic (exact) mass is 666 g/mol. The van der Waals surface area contributed by atoms with Gasteiger partial charge in [-0.15, -0.1) is 0 Å². The van der Waals surface area contributed by atoms with E-state index in [0.717, 1.165) is 50.5 Å². The number of alkyl carbamates (subject to hydrolysis) is 1. The Morgan fingerprint density at radius 2 is 1.71 bits per heavy atom. The molecule has 48 heavy (non-hydrogen) atoms. The van der Waals surface area contributed by atoms with Crippen molar-refractivity contribution in [3.8, 4) is 0 Å². The molecule has 2 saturated carbocycles. The smallest absolute Gasteiger partial charge is 0.410 e. The summed E-state index contributed by atoms with van der Waals surface area (Å²) in [4.78, 5) is 70.2. The number of amides is 4. The number of hydrogen-bond donors (Lipinski definition) is 3. The zero-order chi connectivity index (χ0) is 34.3. The fraction of sp³-hybridized carbons (Fsp3) is 0.694. The number of fused-ring (bicyclic) bond motifs is 4. The summed E-state index contributed by atoms with van der Waals surface area (Å²) < 4.78 is 11.5. The Morgan fingerprint density at radius 3 is 2.40 bits per heavy atom. The number of benzene rings is 1. The lowest BCUT2D eigenvalue weighted by Crippen LogP contribution is -2.56. The summed E-state index contributed by atoms with van der Waals surface area (Å²) in [6.07, 6.45) is 6.71. The lowest BCUT2D eigenvalue weighted by Gasteiger charge is -2.49. The highest BCUT2D eigenvalue weighted by Gasteiger charge is 2.62. The molecule has 0 bridgehead atoms. The van der Waals surface area contributed by atoms with Crippen molar-refractivity contribution in [3.05, 3.63) is 35.4 Å². The molecule has 1 spiro atoms. The molecule has 2 saturated heterocycles. The van der Waals surface area contributed by atoms with Gasteiger partial charge in [0.1, 0.15) is 29.3 Å². The van der Waals surface area contributed by atoms with Crippen LogP contribution < -0.4 is 10.6 Å². The molecule has 0 aromatic heterocycles. The third-order valence-corrected chi connectivity index (χ3v) is 11.0. The Morgan fingerprint density at radius 1 is 1.00 bits per heavy atom. The van der Waals surface area contributed by atoms with Gasteiger partial charge in [0, 0.05) is 24.9 Å². The fourth-order valence-electron chi connectivity index (χ4n) is 8.27. The quantitative estimate of drug-likeness (QED) is 0.422. The van der Waals surface area contributed by atoms with E-state index in [2.05, 4.69) is 16.7 Å². The van der Waals surface area contributed by atoms with Crippen molar-refractivity contribution in [1.82, 2.24) is 20.4 Å². The summed E-state index contributed by atoms with van der Waals surface area (Å²) >= 11 is 0. The van der Waals surface area contributed by atoms with Crippen LogP contribution in [-0.4, -0.2) is 87.3 Å². The Hall–Kier alpha value is -3.83. The average Bonchev–Trinajstić information content (AvgIpc) is 3.54. The van der Waals surface area contributed by atoms with Crippen LogP contribution in [0.3, 0.4) is 0 Å². The third-order valence-electron chi connectivity index (χ3n) is 11.0. The Bertz CT molecular complexity index is 1440. The Balaban J connectivity index is 1.22. The molecule has 12 heteroatoms. The zero-order valence-electron chi connectivity index (χ0n) is 28.4. The first-order chi connectivity index (χ1) is 22.8. The molecule has 1 aromatic carbocycles. The molecule has 0 radical (unpaired) electrons. The van der Waals surface area contributed by atoms with Gasteiger partial charge in [-0.3, -0.25) is 9.59 Å². The van der Waals surface area contributed by atoms with Gasteiger partial charge < -0.3 is 35.0 Å². The first-order valence-corrected chi connectivity index (χ1v) is 17.7. The normalized spacial score (nSPS) is 30.3. The number of aliphatic carboxylic acids is 1. The highest BCUT2D eigenvalue weighted by molar-refractivity contribution is 5.96. The van der Waals surface area contributed by atoms with Crippen LogP contribution >= 0.6 is 0 Å². The molecule has 3 N–H and O–H groups in total. The number of rotatable bonds is 3. The molecule has 1 aromatic rings. The van der Waals surface area contributed by atoms with Crippen LogP contribution in [0.2, 0.25) is 0 Å². The lowest BCUT2D eigenvalue weighted by molar-refractivity contribution is -0.146. The van der Waals surface area contributed by atoms with Crippen molar-refractivity contribution in [3.63, 3.8) is 0 Å². The van der Waals surface area contributed by atoms with Crippen LogP contribution in [-0.2, 0) is 35.8 Å². The van der Waals surface area contributed by atoms with Crippen LogP contribution in [0.5, 0.6) is 0 Å². The molecule has 2 aliphatic carbocycles. The van der Waals surface area contributed by atoms with Crippen molar-refractivity contribution in [2.75, 3.05) is 13.1 Å². The minimum absolute atomic E-state index is 0.0262. The van der Waals surface area contributed by atoms with Gasteiger partial charge in [-0.25, -0.2) is 14.4 Å². The van der Waals surface area contributed by atoms with E-state index in [1.165, 1.54) is 10.5 Å². The van der Waals surface area contributed by atoms with Gasteiger partial charge in [-0.05, 0) is 69.9 Å². The summed E-state index contributed by atoms with van der Waals surface area (Å²) in [7, 11) is 0. The summed E-state index contributed by atoms with van der Waals surface area (Å²) in [6, 6.07) is 6.18.